The summed E-state index contributed by atoms with van der Waals surface area (Å²) < 4.78 is 38.4. The fourth-order valence-corrected chi connectivity index (χ4v) is 2.93. The molecule has 0 saturated heterocycles. The van der Waals surface area contributed by atoms with E-state index < -0.39 is 22.7 Å². The highest BCUT2D eigenvalue weighted by molar-refractivity contribution is 8.00. The molecule has 0 heterocycles. The number of alkyl halides is 3. The van der Waals surface area contributed by atoms with Gasteiger partial charge in [0.25, 0.3) is 0 Å². The first-order chi connectivity index (χ1) is 12.6. The number of rotatable bonds is 6. The number of hydrogen-bond donors (Lipinski definition) is 2. The molecule has 0 fully saturated rings. The summed E-state index contributed by atoms with van der Waals surface area (Å²) in [7, 11) is 0. The van der Waals surface area contributed by atoms with E-state index in [0.29, 0.717) is 5.69 Å². The zero-order valence-corrected chi connectivity index (χ0v) is 15.8. The maximum atomic E-state index is 12.8. The van der Waals surface area contributed by atoms with Gasteiger partial charge in [-0.25, -0.2) is 0 Å². The van der Waals surface area contributed by atoms with Crippen molar-refractivity contribution in [1.29, 1.82) is 0 Å². The van der Waals surface area contributed by atoms with Crippen LogP contribution < -0.4 is 10.6 Å². The Hall–Kier alpha value is -2.19. The summed E-state index contributed by atoms with van der Waals surface area (Å²) in [6.07, 6.45) is -4.61. The molecule has 0 aliphatic heterocycles. The molecule has 2 rings (SSSR count). The standard InChI is InChI=1S/C18H16ClF3N2O2S/c1-11-2-4-12(5-3-11)23-16(25)9-27-10-17(26)24-13-6-7-15(19)14(8-13)18(20,21)22/h2-8H,9-10H2,1H3,(H,23,25)(H,24,26). The van der Waals surface area contributed by atoms with Gasteiger partial charge < -0.3 is 10.6 Å². The molecule has 0 saturated carbocycles. The second-order valence-electron chi connectivity index (χ2n) is 5.65. The first-order valence-corrected chi connectivity index (χ1v) is 9.29. The van der Waals surface area contributed by atoms with Crippen LogP contribution in [0.2, 0.25) is 5.02 Å². The van der Waals surface area contributed by atoms with Crippen LogP contribution in [0.5, 0.6) is 0 Å². The molecule has 0 aromatic heterocycles. The van der Waals surface area contributed by atoms with E-state index in [2.05, 4.69) is 10.6 Å². The van der Waals surface area contributed by atoms with Gasteiger partial charge in [-0.2, -0.15) is 13.2 Å². The molecule has 2 N–H and O–H groups in total. The van der Waals surface area contributed by atoms with Gasteiger partial charge in [-0.05, 0) is 37.3 Å². The summed E-state index contributed by atoms with van der Waals surface area (Å²) in [4.78, 5) is 23.7. The molecule has 0 aliphatic rings. The summed E-state index contributed by atoms with van der Waals surface area (Å²) in [6.45, 7) is 1.93. The lowest BCUT2D eigenvalue weighted by molar-refractivity contribution is -0.137. The molecule has 0 atom stereocenters. The molecule has 4 nitrogen and oxygen atoms in total. The lowest BCUT2D eigenvalue weighted by Crippen LogP contribution is -2.18. The number of carbonyl (C=O) groups excluding carboxylic acids is 2. The van der Waals surface area contributed by atoms with Crippen LogP contribution in [0.4, 0.5) is 24.5 Å². The van der Waals surface area contributed by atoms with Gasteiger partial charge in [0.05, 0.1) is 22.1 Å². The second kappa shape index (κ2) is 9.14. The molecule has 2 aromatic rings. The number of amides is 2. The van der Waals surface area contributed by atoms with Gasteiger partial charge >= 0.3 is 6.18 Å². The molecule has 144 valence electrons. The van der Waals surface area contributed by atoms with Gasteiger partial charge in [0.2, 0.25) is 11.8 Å². The van der Waals surface area contributed by atoms with E-state index in [-0.39, 0.29) is 23.1 Å². The van der Waals surface area contributed by atoms with Crippen molar-refractivity contribution in [2.45, 2.75) is 13.1 Å². The molecule has 2 amide bonds. The van der Waals surface area contributed by atoms with Crippen molar-refractivity contribution in [2.75, 3.05) is 22.1 Å². The third-order valence-electron chi connectivity index (χ3n) is 3.36. The Labute approximate surface area is 163 Å². The minimum Gasteiger partial charge on any atom is -0.325 e. The van der Waals surface area contributed by atoms with Crippen molar-refractivity contribution in [3.8, 4) is 0 Å². The number of benzene rings is 2. The van der Waals surface area contributed by atoms with E-state index in [0.717, 1.165) is 29.5 Å². The number of carbonyl (C=O) groups is 2. The predicted octanol–water partition coefficient (Wildman–Crippen LogP) is 4.98. The third-order valence-corrected chi connectivity index (χ3v) is 4.62. The molecule has 2 aromatic carbocycles. The Morgan fingerprint density at radius 2 is 1.48 bits per heavy atom. The SMILES string of the molecule is Cc1ccc(NC(=O)CSCC(=O)Nc2ccc(Cl)c(C(F)(F)F)c2)cc1. The Balaban J connectivity index is 1.81. The number of hydrogen-bond acceptors (Lipinski definition) is 3. The summed E-state index contributed by atoms with van der Waals surface area (Å²) >= 11 is 6.58. The van der Waals surface area contributed by atoms with Crippen LogP contribution >= 0.6 is 23.4 Å². The van der Waals surface area contributed by atoms with Crippen LogP contribution in [-0.2, 0) is 15.8 Å². The molecule has 9 heteroatoms. The molecular weight excluding hydrogens is 401 g/mol. The molecule has 0 unspecified atom stereocenters. The van der Waals surface area contributed by atoms with Crippen molar-refractivity contribution >= 4 is 46.6 Å². The van der Waals surface area contributed by atoms with Gasteiger partial charge in [-0.15, -0.1) is 11.8 Å². The molecule has 0 aliphatic carbocycles. The lowest BCUT2D eigenvalue weighted by Gasteiger charge is -2.11. The van der Waals surface area contributed by atoms with Crippen LogP contribution in [0, 0.1) is 6.92 Å². The third kappa shape index (κ3) is 6.80. The monoisotopic (exact) mass is 416 g/mol. The molecule has 0 radical (unpaired) electrons. The smallest absolute Gasteiger partial charge is 0.325 e. The Morgan fingerprint density at radius 1 is 0.963 bits per heavy atom. The number of halogens is 4. The Morgan fingerprint density at radius 3 is 2.04 bits per heavy atom. The quantitative estimate of drug-likeness (QED) is 0.698. The van der Waals surface area contributed by atoms with Crippen molar-refractivity contribution in [3.05, 3.63) is 58.6 Å². The van der Waals surface area contributed by atoms with Crippen LogP contribution in [0.1, 0.15) is 11.1 Å². The first kappa shape index (κ1) is 21.1. The minimum atomic E-state index is -4.61. The van der Waals surface area contributed by atoms with Crippen molar-refractivity contribution < 1.29 is 22.8 Å². The van der Waals surface area contributed by atoms with E-state index in [4.69, 9.17) is 11.6 Å². The van der Waals surface area contributed by atoms with Gasteiger partial charge in [0.1, 0.15) is 0 Å². The fourth-order valence-electron chi connectivity index (χ4n) is 2.09. The van der Waals surface area contributed by atoms with E-state index in [1.165, 1.54) is 6.07 Å². The van der Waals surface area contributed by atoms with E-state index in [1.54, 1.807) is 12.1 Å². The molecule has 27 heavy (non-hydrogen) atoms. The maximum absolute atomic E-state index is 12.8. The summed E-state index contributed by atoms with van der Waals surface area (Å²) in [5.74, 6) is -0.831. The highest BCUT2D eigenvalue weighted by atomic mass is 35.5. The van der Waals surface area contributed by atoms with Crippen molar-refractivity contribution in [2.24, 2.45) is 0 Å². The topological polar surface area (TPSA) is 58.2 Å². The van der Waals surface area contributed by atoms with Gasteiger partial charge in [-0.3, -0.25) is 9.59 Å². The fraction of sp³-hybridized carbons (Fsp3) is 0.222. The second-order valence-corrected chi connectivity index (χ2v) is 7.04. The Bertz CT molecular complexity index is 826. The summed E-state index contributed by atoms with van der Waals surface area (Å²) in [5.41, 5.74) is 0.681. The number of anilines is 2. The van der Waals surface area contributed by atoms with E-state index in [9.17, 15) is 22.8 Å². The largest absolute Gasteiger partial charge is 0.417 e. The average molecular weight is 417 g/mol. The minimum absolute atomic E-state index is 0.0126. The predicted molar refractivity (Wildman–Crippen MR) is 102 cm³/mol. The summed E-state index contributed by atoms with van der Waals surface area (Å²) in [5, 5.41) is 4.61. The maximum Gasteiger partial charge on any atom is 0.417 e. The average Bonchev–Trinajstić information content (AvgIpc) is 2.57. The lowest BCUT2D eigenvalue weighted by atomic mass is 10.2. The Kier molecular flexibility index (Phi) is 7.15. The van der Waals surface area contributed by atoms with Crippen LogP contribution in [0.15, 0.2) is 42.5 Å². The first-order valence-electron chi connectivity index (χ1n) is 7.76. The van der Waals surface area contributed by atoms with Gasteiger partial charge in [0, 0.05) is 11.4 Å². The summed E-state index contributed by atoms with van der Waals surface area (Å²) in [6, 6.07) is 10.4. The molecule has 0 bridgehead atoms. The van der Waals surface area contributed by atoms with E-state index in [1.807, 2.05) is 19.1 Å². The van der Waals surface area contributed by atoms with Gasteiger partial charge in [-0.1, -0.05) is 29.3 Å². The van der Waals surface area contributed by atoms with Crippen LogP contribution in [0.25, 0.3) is 0 Å². The zero-order chi connectivity index (χ0) is 20.0. The van der Waals surface area contributed by atoms with Crippen molar-refractivity contribution in [1.82, 2.24) is 0 Å². The number of thioether (sulfide) groups is 1. The van der Waals surface area contributed by atoms with Crippen LogP contribution in [0.3, 0.4) is 0 Å². The van der Waals surface area contributed by atoms with E-state index >= 15 is 0 Å². The highest BCUT2D eigenvalue weighted by Crippen LogP contribution is 2.36. The number of nitrogens with one attached hydrogen (secondary N) is 2. The molecular formula is C18H16ClF3N2O2S. The van der Waals surface area contributed by atoms with Gasteiger partial charge in [0.15, 0.2) is 0 Å². The molecule has 0 spiro atoms. The van der Waals surface area contributed by atoms with Crippen LogP contribution in [-0.4, -0.2) is 23.3 Å². The highest BCUT2D eigenvalue weighted by Gasteiger charge is 2.33. The van der Waals surface area contributed by atoms with Crippen molar-refractivity contribution in [3.63, 3.8) is 0 Å². The number of aryl methyl sites for hydroxylation is 1. The zero-order valence-electron chi connectivity index (χ0n) is 14.2. The normalized spacial score (nSPS) is 11.1.